The number of carbonyl (C=O) groups excluding carboxylic acids is 2. The lowest BCUT2D eigenvalue weighted by Crippen LogP contribution is -2.66. The van der Waals surface area contributed by atoms with E-state index in [1.54, 1.807) is 0 Å². The van der Waals surface area contributed by atoms with Crippen molar-refractivity contribution in [3.05, 3.63) is 0 Å². The lowest BCUT2D eigenvalue weighted by atomic mass is 10.0. The van der Waals surface area contributed by atoms with Crippen molar-refractivity contribution >= 4 is 41.4 Å². The lowest BCUT2D eigenvalue weighted by Gasteiger charge is -2.42. The highest BCUT2D eigenvalue weighted by Gasteiger charge is 2.45. The molecule has 0 aromatic carbocycles. The smallest absolute Gasteiger partial charge is 0.341 e. The summed E-state index contributed by atoms with van der Waals surface area (Å²) in [4.78, 5) is 32.5. The van der Waals surface area contributed by atoms with Gasteiger partial charge < -0.3 is 15.6 Å². The Morgan fingerprint density at radius 2 is 2.24 bits per heavy atom. The van der Waals surface area contributed by atoms with Crippen LogP contribution >= 0.6 is 23.5 Å². The minimum Gasteiger partial charge on any atom is -0.479 e. The number of nitrogens with zero attached hydrogens (tertiary/aromatic N) is 1. The number of esters is 1. The lowest BCUT2D eigenvalue weighted by molar-refractivity contribution is -0.153. The van der Waals surface area contributed by atoms with Gasteiger partial charge in [0.1, 0.15) is 11.8 Å². The minimum atomic E-state index is -1.23. The van der Waals surface area contributed by atoms with Crippen molar-refractivity contribution in [2.75, 3.05) is 18.2 Å². The maximum Gasteiger partial charge on any atom is 0.341 e. The number of ether oxygens (including phenoxy) is 1. The molecule has 3 N–H and O–H groups in total. The molecular formula is C8H11ClN2O5S. The average molecular weight is 283 g/mol. The Balaban J connectivity index is 2.29. The van der Waals surface area contributed by atoms with E-state index in [4.69, 9.17) is 22.4 Å². The maximum atomic E-state index is 11.3. The molecule has 1 saturated heterocycles. The van der Waals surface area contributed by atoms with Crippen molar-refractivity contribution in [3.8, 4) is 0 Å². The van der Waals surface area contributed by atoms with E-state index in [1.807, 2.05) is 0 Å². The molecule has 1 fully saturated rings. The van der Waals surface area contributed by atoms with Gasteiger partial charge in [0.05, 0.1) is 6.04 Å². The molecule has 0 radical (unpaired) electrons. The van der Waals surface area contributed by atoms with Crippen LogP contribution in [-0.2, 0) is 19.1 Å². The van der Waals surface area contributed by atoms with Crippen LogP contribution in [0.4, 0.5) is 0 Å². The van der Waals surface area contributed by atoms with E-state index in [0.717, 1.165) is 11.9 Å². The Morgan fingerprint density at radius 1 is 1.59 bits per heavy atom. The first kappa shape index (κ1) is 14.1. The number of β-lactam (4-membered cyclic amide) rings is 1. The van der Waals surface area contributed by atoms with Crippen LogP contribution in [0.1, 0.15) is 0 Å². The van der Waals surface area contributed by atoms with Gasteiger partial charge in [-0.05, 0) is 11.9 Å². The molecule has 0 aromatic heterocycles. The van der Waals surface area contributed by atoms with Crippen LogP contribution in [0.3, 0.4) is 0 Å². The second-order valence-electron chi connectivity index (χ2n) is 3.24. The van der Waals surface area contributed by atoms with Gasteiger partial charge in [0.25, 0.3) is 5.91 Å². The van der Waals surface area contributed by atoms with Crippen LogP contribution in [0, 0.1) is 0 Å². The van der Waals surface area contributed by atoms with Gasteiger partial charge in [0, 0.05) is 5.88 Å². The molecule has 1 heterocycles. The second kappa shape index (κ2) is 6.08. The maximum absolute atomic E-state index is 11.3. The fourth-order valence-electron chi connectivity index (χ4n) is 1.16. The van der Waals surface area contributed by atoms with Crippen molar-refractivity contribution in [1.82, 2.24) is 4.31 Å². The SMILES string of the molecule is N[C@@H]1C(=O)N(SCC(=O)OCC(=O)O)[C@@H]1CCl. The van der Waals surface area contributed by atoms with Crippen LogP contribution in [0.2, 0.25) is 0 Å². The van der Waals surface area contributed by atoms with Gasteiger partial charge in [-0.25, -0.2) is 4.79 Å². The van der Waals surface area contributed by atoms with Gasteiger partial charge in [-0.1, -0.05) is 0 Å². The van der Waals surface area contributed by atoms with E-state index in [2.05, 4.69) is 4.74 Å². The highest BCUT2D eigenvalue weighted by Crippen LogP contribution is 2.27. The first-order chi connectivity index (χ1) is 7.97. The predicted octanol–water partition coefficient (Wildman–Crippen LogP) is -0.961. The number of halogens is 1. The summed E-state index contributed by atoms with van der Waals surface area (Å²) in [5.41, 5.74) is 5.49. The molecule has 96 valence electrons. The van der Waals surface area contributed by atoms with E-state index >= 15 is 0 Å². The summed E-state index contributed by atoms with van der Waals surface area (Å²) in [5.74, 6) is -2.21. The van der Waals surface area contributed by atoms with E-state index < -0.39 is 24.6 Å². The van der Waals surface area contributed by atoms with Crippen LogP contribution < -0.4 is 5.73 Å². The monoisotopic (exact) mass is 282 g/mol. The molecule has 9 heteroatoms. The number of carboxylic acids is 1. The number of amides is 1. The fraction of sp³-hybridized carbons (Fsp3) is 0.625. The highest BCUT2D eigenvalue weighted by molar-refractivity contribution is 7.98. The van der Waals surface area contributed by atoms with E-state index in [9.17, 15) is 14.4 Å². The van der Waals surface area contributed by atoms with E-state index in [-0.39, 0.29) is 23.6 Å². The van der Waals surface area contributed by atoms with Crippen molar-refractivity contribution in [3.63, 3.8) is 0 Å². The Morgan fingerprint density at radius 3 is 2.76 bits per heavy atom. The summed E-state index contributed by atoms with van der Waals surface area (Å²) in [7, 11) is 0. The topological polar surface area (TPSA) is 110 Å². The molecule has 0 saturated carbocycles. The first-order valence-electron chi connectivity index (χ1n) is 4.62. The normalized spacial score (nSPS) is 23.2. The van der Waals surface area contributed by atoms with Gasteiger partial charge in [-0.15, -0.1) is 11.6 Å². The number of carboxylic acid groups (broad SMARTS) is 1. The Hall–Kier alpha value is -0.990. The van der Waals surface area contributed by atoms with Crippen LogP contribution in [0.25, 0.3) is 0 Å². The summed E-state index contributed by atoms with van der Waals surface area (Å²) in [6, 6.07) is -0.934. The Bertz CT molecular complexity index is 340. The molecule has 1 rings (SSSR count). The predicted molar refractivity (Wildman–Crippen MR) is 60.4 cm³/mol. The van der Waals surface area contributed by atoms with Crippen molar-refractivity contribution in [2.24, 2.45) is 5.73 Å². The number of rotatable bonds is 6. The third kappa shape index (κ3) is 3.48. The van der Waals surface area contributed by atoms with Gasteiger partial charge >= 0.3 is 11.9 Å². The van der Waals surface area contributed by atoms with Gasteiger partial charge in [-0.2, -0.15) is 0 Å². The zero-order valence-corrected chi connectivity index (χ0v) is 10.2. The number of carbonyl (C=O) groups is 3. The molecular weight excluding hydrogens is 272 g/mol. The quantitative estimate of drug-likeness (QED) is 0.279. The van der Waals surface area contributed by atoms with Crippen LogP contribution in [0.15, 0.2) is 0 Å². The number of aliphatic carboxylic acids is 1. The standard InChI is InChI=1S/C8H11ClN2O5S/c9-1-4-7(10)8(15)11(4)17-3-6(14)16-2-5(12)13/h4,7H,1-3,10H2,(H,12,13)/t4-,7+/m1/s1. The second-order valence-corrected chi connectivity index (χ2v) is 4.49. The Kier molecular flexibility index (Phi) is 5.03. The average Bonchev–Trinajstić information content (AvgIpc) is 2.30. The van der Waals surface area contributed by atoms with E-state index in [1.165, 1.54) is 4.31 Å². The number of hydrogen-bond acceptors (Lipinski definition) is 6. The molecule has 1 amide bonds. The summed E-state index contributed by atoms with van der Waals surface area (Å²) in [5, 5.41) is 8.27. The molecule has 0 aromatic rings. The van der Waals surface area contributed by atoms with Crippen molar-refractivity contribution < 1.29 is 24.2 Å². The summed E-state index contributed by atoms with van der Waals surface area (Å²) in [6.07, 6.45) is 0. The summed E-state index contributed by atoms with van der Waals surface area (Å²) >= 11 is 6.51. The number of hydrogen-bond donors (Lipinski definition) is 2. The zero-order valence-electron chi connectivity index (χ0n) is 8.67. The number of alkyl halides is 1. The summed E-state index contributed by atoms with van der Waals surface area (Å²) in [6.45, 7) is -0.689. The molecule has 0 unspecified atom stereocenters. The van der Waals surface area contributed by atoms with Crippen LogP contribution in [-0.4, -0.2) is 57.6 Å². The minimum absolute atomic E-state index is 0.154. The van der Waals surface area contributed by atoms with Gasteiger partial charge in [0.2, 0.25) is 0 Å². The Labute approximate surface area is 106 Å². The van der Waals surface area contributed by atoms with Gasteiger partial charge in [-0.3, -0.25) is 13.9 Å². The van der Waals surface area contributed by atoms with Gasteiger partial charge in [0.15, 0.2) is 6.61 Å². The molecule has 0 bridgehead atoms. The van der Waals surface area contributed by atoms with E-state index in [0.29, 0.717) is 0 Å². The largest absolute Gasteiger partial charge is 0.479 e. The molecule has 0 aliphatic carbocycles. The third-order valence-electron chi connectivity index (χ3n) is 2.05. The zero-order chi connectivity index (χ0) is 13.0. The van der Waals surface area contributed by atoms with Crippen molar-refractivity contribution in [2.45, 2.75) is 12.1 Å². The molecule has 0 spiro atoms. The number of nitrogens with two attached hydrogens (primary N) is 1. The highest BCUT2D eigenvalue weighted by atomic mass is 35.5. The molecule has 1 aliphatic heterocycles. The molecule has 2 atom stereocenters. The van der Waals surface area contributed by atoms with Crippen molar-refractivity contribution in [1.29, 1.82) is 0 Å². The third-order valence-corrected chi connectivity index (χ3v) is 3.46. The molecule has 1 aliphatic rings. The fourth-order valence-corrected chi connectivity index (χ4v) is 2.55. The molecule has 17 heavy (non-hydrogen) atoms. The molecule has 7 nitrogen and oxygen atoms in total. The summed E-state index contributed by atoms with van der Waals surface area (Å²) < 4.78 is 5.70. The van der Waals surface area contributed by atoms with Crippen LogP contribution in [0.5, 0.6) is 0 Å². The first-order valence-corrected chi connectivity index (χ1v) is 6.10.